The summed E-state index contributed by atoms with van der Waals surface area (Å²) in [6, 6.07) is 28.1. The van der Waals surface area contributed by atoms with Gasteiger partial charge in [0.25, 0.3) is 0 Å². The van der Waals surface area contributed by atoms with E-state index in [1.54, 1.807) is 0 Å². The van der Waals surface area contributed by atoms with Gasteiger partial charge in [0, 0.05) is 29.6 Å². The average Bonchev–Trinajstić information content (AvgIpc) is 3.04. The first-order valence-corrected chi connectivity index (χ1v) is 9.25. The predicted molar refractivity (Wildman–Crippen MR) is 114 cm³/mol. The molecule has 0 spiro atoms. The molecule has 4 aromatic rings. The molecule has 0 radical (unpaired) electrons. The molecule has 0 N–H and O–H groups in total. The van der Waals surface area contributed by atoms with Crippen LogP contribution >= 0.6 is 0 Å². The number of hydrogen-bond acceptors (Lipinski definition) is 2. The number of fused-ring (bicyclic) bond motifs is 1. The van der Waals surface area contributed by atoms with Crippen LogP contribution in [0.3, 0.4) is 0 Å². The van der Waals surface area contributed by atoms with E-state index in [2.05, 4.69) is 35.9 Å². The van der Waals surface area contributed by atoms with Gasteiger partial charge in [0.05, 0.1) is 5.69 Å². The molecule has 3 nitrogen and oxygen atoms in total. The molecule has 0 aliphatic rings. The third-order valence-corrected chi connectivity index (χ3v) is 4.80. The summed E-state index contributed by atoms with van der Waals surface area (Å²) >= 11 is 0. The van der Waals surface area contributed by atoms with Gasteiger partial charge in [0.1, 0.15) is 6.61 Å². The van der Waals surface area contributed by atoms with Crippen molar-refractivity contribution >= 4 is 22.9 Å². The van der Waals surface area contributed by atoms with Gasteiger partial charge in [-0.2, -0.15) is 0 Å². The maximum absolute atomic E-state index is 12.3. The summed E-state index contributed by atoms with van der Waals surface area (Å²) in [6.07, 6.45) is 3.37. The molecular weight excluding hydrogens is 346 g/mol. The summed E-state index contributed by atoms with van der Waals surface area (Å²) in [7, 11) is 2.05. The second kappa shape index (κ2) is 7.97. The normalized spacial score (nSPS) is 11.2. The minimum absolute atomic E-state index is 0.269. The molecular formula is C25H21NO2. The van der Waals surface area contributed by atoms with Crippen molar-refractivity contribution in [3.63, 3.8) is 0 Å². The highest BCUT2D eigenvalue weighted by atomic mass is 16.5. The summed E-state index contributed by atoms with van der Waals surface area (Å²) in [5, 5.41) is 1.11. The Morgan fingerprint density at radius 1 is 0.893 bits per heavy atom. The highest BCUT2D eigenvalue weighted by molar-refractivity contribution is 6.00. The van der Waals surface area contributed by atoms with Crippen molar-refractivity contribution in [1.29, 1.82) is 0 Å². The number of carbonyl (C=O) groups excluding carboxylic acids is 1. The van der Waals surface area contributed by atoms with E-state index in [9.17, 15) is 4.79 Å². The molecule has 3 aromatic carbocycles. The van der Waals surface area contributed by atoms with Gasteiger partial charge in [0.2, 0.25) is 0 Å². The lowest BCUT2D eigenvalue weighted by molar-refractivity contribution is -0.138. The molecule has 0 bridgehead atoms. The highest BCUT2D eigenvalue weighted by Crippen LogP contribution is 2.33. The van der Waals surface area contributed by atoms with Crippen LogP contribution < -0.4 is 0 Å². The van der Waals surface area contributed by atoms with Crippen LogP contribution in [0.5, 0.6) is 0 Å². The van der Waals surface area contributed by atoms with Crippen molar-refractivity contribution in [3.8, 4) is 11.3 Å². The van der Waals surface area contributed by atoms with Gasteiger partial charge >= 0.3 is 5.97 Å². The Morgan fingerprint density at radius 2 is 1.54 bits per heavy atom. The van der Waals surface area contributed by atoms with Crippen molar-refractivity contribution in [2.45, 2.75) is 6.61 Å². The summed E-state index contributed by atoms with van der Waals surface area (Å²) in [4.78, 5) is 12.3. The van der Waals surface area contributed by atoms with Crippen LogP contribution in [0.15, 0.2) is 91.0 Å². The van der Waals surface area contributed by atoms with Gasteiger partial charge in [-0.1, -0.05) is 78.9 Å². The highest BCUT2D eigenvalue weighted by Gasteiger charge is 2.14. The number of ether oxygens (including phenoxy) is 1. The molecule has 0 atom stereocenters. The van der Waals surface area contributed by atoms with Crippen LogP contribution in [0.4, 0.5) is 0 Å². The number of para-hydroxylation sites is 1. The maximum atomic E-state index is 12.3. The minimum atomic E-state index is -0.351. The minimum Gasteiger partial charge on any atom is -0.458 e. The zero-order valence-corrected chi connectivity index (χ0v) is 15.7. The number of rotatable bonds is 5. The predicted octanol–water partition coefficient (Wildman–Crippen LogP) is 5.60. The van der Waals surface area contributed by atoms with Crippen molar-refractivity contribution in [2.75, 3.05) is 0 Å². The van der Waals surface area contributed by atoms with E-state index >= 15 is 0 Å². The quantitative estimate of drug-likeness (QED) is 0.339. The third-order valence-electron chi connectivity index (χ3n) is 4.80. The Labute approximate surface area is 164 Å². The van der Waals surface area contributed by atoms with Crippen molar-refractivity contribution in [3.05, 3.63) is 102 Å². The Morgan fingerprint density at radius 3 is 2.29 bits per heavy atom. The number of carbonyl (C=O) groups is 1. The largest absolute Gasteiger partial charge is 0.458 e. The van der Waals surface area contributed by atoms with Crippen LogP contribution in [0.1, 0.15) is 11.1 Å². The fourth-order valence-electron chi connectivity index (χ4n) is 3.46. The number of aromatic nitrogens is 1. The van der Waals surface area contributed by atoms with E-state index in [0.29, 0.717) is 0 Å². The van der Waals surface area contributed by atoms with Crippen LogP contribution in [-0.4, -0.2) is 10.5 Å². The second-order valence-corrected chi connectivity index (χ2v) is 6.63. The summed E-state index contributed by atoms with van der Waals surface area (Å²) in [5.41, 5.74) is 5.30. The first-order valence-electron chi connectivity index (χ1n) is 9.25. The molecule has 0 fully saturated rings. The van der Waals surface area contributed by atoms with Gasteiger partial charge in [-0.3, -0.25) is 0 Å². The lowest BCUT2D eigenvalue weighted by atomic mass is 10.0. The average molecular weight is 367 g/mol. The molecule has 138 valence electrons. The monoisotopic (exact) mass is 367 g/mol. The van der Waals surface area contributed by atoms with E-state index in [0.717, 1.165) is 33.3 Å². The lowest BCUT2D eigenvalue weighted by Gasteiger charge is -2.06. The molecule has 4 rings (SSSR count). The summed E-state index contributed by atoms with van der Waals surface area (Å²) < 4.78 is 7.55. The van der Waals surface area contributed by atoms with Crippen LogP contribution in [0.2, 0.25) is 0 Å². The first kappa shape index (κ1) is 17.8. The molecule has 0 aliphatic heterocycles. The molecule has 0 saturated heterocycles. The van der Waals surface area contributed by atoms with E-state index < -0.39 is 0 Å². The Hall–Kier alpha value is -3.59. The van der Waals surface area contributed by atoms with Crippen molar-refractivity contribution < 1.29 is 9.53 Å². The Bertz CT molecular complexity index is 1130. The molecule has 1 heterocycles. The number of nitrogens with zero attached hydrogens (tertiary/aromatic N) is 1. The molecule has 3 heteroatoms. The second-order valence-electron chi connectivity index (χ2n) is 6.63. The Balaban J connectivity index is 1.66. The molecule has 28 heavy (non-hydrogen) atoms. The molecule has 0 saturated carbocycles. The SMILES string of the molecule is Cn1c(-c2ccccc2)c(C=CC(=O)OCc2ccccc2)c2ccccc21. The van der Waals surface area contributed by atoms with Gasteiger partial charge in [-0.05, 0) is 23.3 Å². The van der Waals surface area contributed by atoms with E-state index in [4.69, 9.17) is 4.74 Å². The molecule has 0 unspecified atom stereocenters. The van der Waals surface area contributed by atoms with E-state index in [1.165, 1.54) is 6.08 Å². The van der Waals surface area contributed by atoms with E-state index in [1.807, 2.05) is 66.7 Å². The number of aryl methyl sites for hydroxylation is 1. The first-order chi connectivity index (χ1) is 13.7. The summed E-state index contributed by atoms with van der Waals surface area (Å²) in [5.74, 6) is -0.351. The lowest BCUT2D eigenvalue weighted by Crippen LogP contribution is -2.00. The van der Waals surface area contributed by atoms with Crippen LogP contribution in [0.25, 0.3) is 28.2 Å². The van der Waals surface area contributed by atoms with Crippen LogP contribution in [-0.2, 0) is 23.2 Å². The topological polar surface area (TPSA) is 31.2 Å². The molecule has 0 amide bonds. The third kappa shape index (κ3) is 3.60. The molecule has 0 aliphatic carbocycles. The van der Waals surface area contributed by atoms with Crippen LogP contribution in [0, 0.1) is 0 Å². The standard InChI is InChI=1S/C25H21NO2/c1-26-23-15-9-8-14-21(23)22(25(26)20-12-6-3-7-13-20)16-17-24(27)28-18-19-10-4-2-5-11-19/h2-17H,18H2,1H3. The number of benzene rings is 3. The van der Waals surface area contributed by atoms with E-state index in [-0.39, 0.29) is 12.6 Å². The van der Waals surface area contributed by atoms with Crippen molar-refractivity contribution in [1.82, 2.24) is 4.57 Å². The van der Waals surface area contributed by atoms with Gasteiger partial charge in [0.15, 0.2) is 0 Å². The fraction of sp³-hybridized carbons (Fsp3) is 0.0800. The summed E-state index contributed by atoms with van der Waals surface area (Å²) in [6.45, 7) is 0.269. The Kier molecular flexibility index (Phi) is 5.07. The fourth-order valence-corrected chi connectivity index (χ4v) is 3.46. The van der Waals surface area contributed by atoms with Gasteiger partial charge in [-0.15, -0.1) is 0 Å². The smallest absolute Gasteiger partial charge is 0.331 e. The number of hydrogen-bond donors (Lipinski definition) is 0. The van der Waals surface area contributed by atoms with Gasteiger partial charge < -0.3 is 9.30 Å². The zero-order chi connectivity index (χ0) is 19.3. The zero-order valence-electron chi connectivity index (χ0n) is 15.7. The molecule has 1 aromatic heterocycles. The maximum Gasteiger partial charge on any atom is 0.331 e. The van der Waals surface area contributed by atoms with Crippen molar-refractivity contribution in [2.24, 2.45) is 7.05 Å². The van der Waals surface area contributed by atoms with Gasteiger partial charge in [-0.25, -0.2) is 4.79 Å². The number of esters is 1.